The average Bonchev–Trinajstić information content (AvgIpc) is 3.06. The van der Waals surface area contributed by atoms with E-state index in [-0.39, 0.29) is 13.1 Å². The van der Waals surface area contributed by atoms with Crippen molar-refractivity contribution in [2.45, 2.75) is 11.0 Å². The molecule has 1 saturated heterocycles. The summed E-state index contributed by atoms with van der Waals surface area (Å²) in [6, 6.07) is 11.9. The molecule has 0 bridgehead atoms. The lowest BCUT2D eigenvalue weighted by molar-refractivity contribution is 0.139. The molecule has 1 fully saturated rings. The molecule has 2 N–H and O–H groups in total. The summed E-state index contributed by atoms with van der Waals surface area (Å²) >= 11 is 1.62. The standard InChI is InChI=1S/C20H23FN4O3S/c1-24(2)23-19(26)22-11-15-12-25(20(27)28-15)14-6-9-17(18(21)10-14)13-4-7-16(29-3)8-5-13/h4-10,15H,11-12H2,1-3H3,(H2,22,23,26)/t15-/m1/s1. The van der Waals surface area contributed by atoms with Gasteiger partial charge >= 0.3 is 12.1 Å². The van der Waals surface area contributed by atoms with Crippen LogP contribution in [0.2, 0.25) is 0 Å². The van der Waals surface area contributed by atoms with Crippen molar-refractivity contribution in [1.29, 1.82) is 0 Å². The molecule has 0 unspecified atom stereocenters. The highest BCUT2D eigenvalue weighted by Crippen LogP contribution is 2.30. The van der Waals surface area contributed by atoms with E-state index in [0.717, 1.165) is 10.5 Å². The molecule has 0 radical (unpaired) electrons. The van der Waals surface area contributed by atoms with Crippen molar-refractivity contribution < 1.29 is 18.7 Å². The molecule has 3 amide bonds. The first-order chi connectivity index (χ1) is 13.9. The summed E-state index contributed by atoms with van der Waals surface area (Å²) in [5, 5.41) is 4.13. The summed E-state index contributed by atoms with van der Waals surface area (Å²) in [4.78, 5) is 26.3. The van der Waals surface area contributed by atoms with Gasteiger partial charge in [-0.25, -0.2) is 19.0 Å². The van der Waals surface area contributed by atoms with Crippen LogP contribution in [0.5, 0.6) is 0 Å². The van der Waals surface area contributed by atoms with Gasteiger partial charge in [0.1, 0.15) is 11.9 Å². The Bertz CT molecular complexity index is 892. The summed E-state index contributed by atoms with van der Waals surface area (Å²) in [7, 11) is 3.37. The number of nitrogens with one attached hydrogen (secondary N) is 2. The number of carbonyl (C=O) groups excluding carboxylic acids is 2. The summed E-state index contributed by atoms with van der Waals surface area (Å²) < 4.78 is 20.0. The molecule has 0 aromatic heterocycles. The highest BCUT2D eigenvalue weighted by atomic mass is 32.2. The molecule has 7 nitrogen and oxygen atoms in total. The first kappa shape index (κ1) is 20.9. The van der Waals surface area contributed by atoms with Crippen molar-refractivity contribution >= 4 is 29.6 Å². The van der Waals surface area contributed by atoms with E-state index >= 15 is 0 Å². The van der Waals surface area contributed by atoms with Gasteiger partial charge in [0, 0.05) is 24.6 Å². The van der Waals surface area contributed by atoms with E-state index in [4.69, 9.17) is 4.74 Å². The van der Waals surface area contributed by atoms with Crippen LogP contribution < -0.4 is 15.6 Å². The Hall–Kier alpha value is -2.78. The first-order valence-corrected chi connectivity index (χ1v) is 10.2. The third-order valence-electron chi connectivity index (χ3n) is 4.35. The number of rotatable bonds is 6. The third-order valence-corrected chi connectivity index (χ3v) is 5.10. The zero-order valence-corrected chi connectivity index (χ0v) is 17.3. The number of amides is 3. The van der Waals surface area contributed by atoms with Crippen LogP contribution in [0.25, 0.3) is 11.1 Å². The van der Waals surface area contributed by atoms with Crippen LogP contribution in [-0.2, 0) is 4.74 Å². The fourth-order valence-electron chi connectivity index (χ4n) is 2.96. The number of anilines is 1. The molecule has 2 aromatic carbocycles. The quantitative estimate of drug-likeness (QED) is 0.556. The first-order valence-electron chi connectivity index (χ1n) is 9.01. The van der Waals surface area contributed by atoms with Crippen LogP contribution in [0.4, 0.5) is 19.7 Å². The Balaban J connectivity index is 1.66. The topological polar surface area (TPSA) is 73.9 Å². The van der Waals surface area contributed by atoms with Crippen LogP contribution >= 0.6 is 11.8 Å². The Morgan fingerprint density at radius 2 is 2.00 bits per heavy atom. The van der Waals surface area contributed by atoms with E-state index in [0.29, 0.717) is 11.3 Å². The third kappa shape index (κ3) is 5.18. The number of hydrogen-bond donors (Lipinski definition) is 2. The molecule has 9 heteroatoms. The Morgan fingerprint density at radius 3 is 2.62 bits per heavy atom. The van der Waals surface area contributed by atoms with Gasteiger partial charge in [-0.1, -0.05) is 12.1 Å². The molecular formula is C20H23FN4O3S. The van der Waals surface area contributed by atoms with E-state index in [2.05, 4.69) is 10.7 Å². The monoisotopic (exact) mass is 418 g/mol. The molecule has 29 heavy (non-hydrogen) atoms. The van der Waals surface area contributed by atoms with Crippen LogP contribution in [0.1, 0.15) is 0 Å². The predicted molar refractivity (Wildman–Crippen MR) is 111 cm³/mol. The lowest BCUT2D eigenvalue weighted by atomic mass is 10.0. The molecule has 1 atom stereocenters. The van der Waals surface area contributed by atoms with Gasteiger partial charge in [-0.15, -0.1) is 11.8 Å². The van der Waals surface area contributed by atoms with Gasteiger partial charge in [-0.05, 0) is 42.2 Å². The molecule has 1 aliphatic rings. The van der Waals surface area contributed by atoms with Gasteiger partial charge in [0.25, 0.3) is 0 Å². The predicted octanol–water partition coefficient (Wildman–Crippen LogP) is 3.32. The van der Waals surface area contributed by atoms with E-state index < -0.39 is 24.0 Å². The van der Waals surface area contributed by atoms with Gasteiger partial charge in [0.15, 0.2) is 0 Å². The average molecular weight is 418 g/mol. The fourth-order valence-corrected chi connectivity index (χ4v) is 3.37. The maximum atomic E-state index is 14.7. The zero-order chi connectivity index (χ0) is 21.0. The van der Waals surface area contributed by atoms with Crippen molar-refractivity contribution in [3.63, 3.8) is 0 Å². The van der Waals surface area contributed by atoms with Crippen LogP contribution in [0.15, 0.2) is 47.4 Å². The number of hydrazine groups is 1. The largest absolute Gasteiger partial charge is 0.442 e. The lowest BCUT2D eigenvalue weighted by Gasteiger charge is -2.15. The summed E-state index contributed by atoms with van der Waals surface area (Å²) in [5.41, 5.74) is 4.18. The summed E-state index contributed by atoms with van der Waals surface area (Å²) in [5.74, 6) is -0.417. The summed E-state index contributed by atoms with van der Waals surface area (Å²) in [6.45, 7) is 0.382. The number of benzene rings is 2. The van der Waals surface area contributed by atoms with Gasteiger partial charge in [0.05, 0.1) is 18.8 Å². The summed E-state index contributed by atoms with van der Waals surface area (Å²) in [6.07, 6.45) is 0.898. The number of ether oxygens (including phenoxy) is 1. The van der Waals surface area contributed by atoms with Gasteiger partial charge in [-0.2, -0.15) is 0 Å². The number of halogens is 1. The molecule has 1 heterocycles. The molecule has 3 rings (SSSR count). The number of cyclic esters (lactones) is 1. The smallest absolute Gasteiger partial charge is 0.414 e. The van der Waals surface area contributed by atoms with Gasteiger partial charge < -0.3 is 10.1 Å². The second kappa shape index (κ2) is 9.15. The van der Waals surface area contributed by atoms with Crippen molar-refractivity contribution in [1.82, 2.24) is 15.8 Å². The Morgan fingerprint density at radius 1 is 1.28 bits per heavy atom. The van der Waals surface area contributed by atoms with Gasteiger partial charge in [-0.3, -0.25) is 10.3 Å². The number of carbonyl (C=O) groups is 2. The Labute approximate surface area is 173 Å². The maximum Gasteiger partial charge on any atom is 0.414 e. The van der Waals surface area contributed by atoms with E-state index in [9.17, 15) is 14.0 Å². The number of thioether (sulfide) groups is 1. The van der Waals surface area contributed by atoms with E-state index in [1.54, 1.807) is 38.0 Å². The molecule has 2 aromatic rings. The molecule has 0 aliphatic carbocycles. The molecular weight excluding hydrogens is 395 g/mol. The van der Waals surface area contributed by atoms with Crippen molar-refractivity contribution in [3.8, 4) is 11.1 Å². The minimum absolute atomic E-state index is 0.157. The highest BCUT2D eigenvalue weighted by molar-refractivity contribution is 7.98. The minimum Gasteiger partial charge on any atom is -0.442 e. The molecule has 0 spiro atoms. The lowest BCUT2D eigenvalue weighted by Crippen LogP contribution is -2.46. The maximum absolute atomic E-state index is 14.7. The van der Waals surface area contributed by atoms with E-state index in [1.165, 1.54) is 16.0 Å². The zero-order valence-electron chi connectivity index (χ0n) is 16.4. The van der Waals surface area contributed by atoms with Gasteiger partial charge in [0.2, 0.25) is 0 Å². The van der Waals surface area contributed by atoms with Crippen molar-refractivity contribution in [2.75, 3.05) is 38.3 Å². The number of nitrogens with zero attached hydrogens (tertiary/aromatic N) is 2. The van der Waals surface area contributed by atoms with Crippen LogP contribution in [0, 0.1) is 5.82 Å². The number of urea groups is 1. The SMILES string of the molecule is CSc1ccc(-c2ccc(N3C[C@@H](CNC(=O)NN(C)C)OC3=O)cc2F)cc1. The highest BCUT2D eigenvalue weighted by Gasteiger charge is 2.33. The number of hydrogen-bond acceptors (Lipinski definition) is 5. The van der Waals surface area contributed by atoms with Crippen molar-refractivity contribution in [2.24, 2.45) is 0 Å². The van der Waals surface area contributed by atoms with Crippen molar-refractivity contribution in [3.05, 3.63) is 48.3 Å². The normalized spacial score (nSPS) is 16.1. The second-order valence-electron chi connectivity index (χ2n) is 6.73. The van der Waals surface area contributed by atoms with E-state index in [1.807, 2.05) is 30.5 Å². The molecule has 154 valence electrons. The minimum atomic E-state index is -0.568. The fraction of sp³-hybridized carbons (Fsp3) is 0.300. The van der Waals surface area contributed by atoms with Crippen LogP contribution in [0.3, 0.4) is 0 Å². The molecule has 0 saturated carbocycles. The van der Waals surface area contributed by atoms with Crippen LogP contribution in [-0.4, -0.2) is 56.7 Å². The Kier molecular flexibility index (Phi) is 6.60. The molecule has 1 aliphatic heterocycles. The second-order valence-corrected chi connectivity index (χ2v) is 7.60.